The molecule has 5 heteroatoms. The van der Waals surface area contributed by atoms with Crippen LogP contribution in [0.5, 0.6) is 0 Å². The first-order valence-electron chi connectivity index (χ1n) is 5.81. The van der Waals surface area contributed by atoms with Crippen LogP contribution >= 0.6 is 11.8 Å². The molecule has 2 saturated heterocycles. The van der Waals surface area contributed by atoms with Crippen LogP contribution in [0.2, 0.25) is 0 Å². The van der Waals surface area contributed by atoms with Gasteiger partial charge >= 0.3 is 0 Å². The average molecular weight is 242 g/mol. The first-order valence-corrected chi connectivity index (χ1v) is 7.20. The summed E-state index contributed by atoms with van der Waals surface area (Å²) in [7, 11) is 0. The molecule has 2 aliphatic heterocycles. The zero-order valence-electron chi connectivity index (χ0n) is 9.65. The molecule has 1 atom stereocenters. The van der Waals surface area contributed by atoms with Gasteiger partial charge in [-0.15, -0.1) is 0 Å². The minimum absolute atomic E-state index is 0.155. The van der Waals surface area contributed by atoms with Crippen molar-refractivity contribution in [3.8, 4) is 0 Å². The second-order valence-corrected chi connectivity index (χ2v) is 5.30. The molecule has 0 saturated carbocycles. The summed E-state index contributed by atoms with van der Waals surface area (Å²) in [5.41, 5.74) is 0. The lowest BCUT2D eigenvalue weighted by Gasteiger charge is -2.24. The van der Waals surface area contributed by atoms with Gasteiger partial charge in [-0.05, 0) is 19.1 Å². The fraction of sp³-hybridized carbons (Fsp3) is 0.818. The zero-order valence-corrected chi connectivity index (χ0v) is 10.5. The number of carbonyl (C=O) groups excluding carboxylic acids is 2. The van der Waals surface area contributed by atoms with Crippen molar-refractivity contribution < 1.29 is 9.59 Å². The Morgan fingerprint density at radius 3 is 2.94 bits per heavy atom. The molecule has 2 aliphatic rings. The number of thioether (sulfide) groups is 1. The number of amides is 2. The van der Waals surface area contributed by atoms with Crippen LogP contribution in [-0.2, 0) is 9.59 Å². The molecule has 0 N–H and O–H groups in total. The molecule has 2 heterocycles. The van der Waals surface area contributed by atoms with Gasteiger partial charge in [-0.3, -0.25) is 9.59 Å². The van der Waals surface area contributed by atoms with Gasteiger partial charge in [-0.2, -0.15) is 11.8 Å². The Balaban J connectivity index is 2.07. The molecule has 0 aromatic rings. The lowest BCUT2D eigenvalue weighted by molar-refractivity contribution is -0.139. The van der Waals surface area contributed by atoms with Crippen LogP contribution in [0.4, 0.5) is 0 Å². The molecule has 16 heavy (non-hydrogen) atoms. The monoisotopic (exact) mass is 242 g/mol. The maximum absolute atomic E-state index is 12.2. The van der Waals surface area contributed by atoms with Crippen molar-refractivity contribution in [2.24, 2.45) is 0 Å². The summed E-state index contributed by atoms with van der Waals surface area (Å²) >= 11 is 1.74. The molecule has 2 rings (SSSR count). The van der Waals surface area contributed by atoms with Crippen LogP contribution in [0.25, 0.3) is 0 Å². The molecule has 2 fully saturated rings. The molecular weight excluding hydrogens is 224 g/mol. The Hall–Kier alpha value is -0.710. The molecule has 0 aromatic carbocycles. The zero-order chi connectivity index (χ0) is 11.5. The van der Waals surface area contributed by atoms with E-state index in [0.29, 0.717) is 13.0 Å². The Labute approximate surface area is 100 Å². The van der Waals surface area contributed by atoms with E-state index in [1.54, 1.807) is 16.7 Å². The minimum atomic E-state index is -0.156. The van der Waals surface area contributed by atoms with Gasteiger partial charge in [0.15, 0.2) is 0 Å². The first-order chi connectivity index (χ1) is 7.74. The third-order valence-electron chi connectivity index (χ3n) is 3.33. The van der Waals surface area contributed by atoms with Crippen molar-refractivity contribution >= 4 is 23.6 Å². The molecule has 0 radical (unpaired) electrons. The average Bonchev–Trinajstić information content (AvgIpc) is 2.73. The molecule has 0 bridgehead atoms. The Bertz CT molecular complexity index is 296. The van der Waals surface area contributed by atoms with E-state index in [9.17, 15) is 9.59 Å². The summed E-state index contributed by atoms with van der Waals surface area (Å²) in [6, 6.07) is -0.156. The van der Waals surface area contributed by atoms with Crippen molar-refractivity contribution in [2.45, 2.75) is 25.3 Å². The van der Waals surface area contributed by atoms with Crippen molar-refractivity contribution in [1.82, 2.24) is 9.80 Å². The van der Waals surface area contributed by atoms with E-state index in [4.69, 9.17) is 0 Å². The summed E-state index contributed by atoms with van der Waals surface area (Å²) < 4.78 is 0. The first kappa shape index (κ1) is 11.8. The minimum Gasteiger partial charge on any atom is -0.340 e. The molecule has 1 unspecified atom stereocenters. The number of hydrogen-bond acceptors (Lipinski definition) is 3. The molecule has 2 amide bonds. The topological polar surface area (TPSA) is 40.6 Å². The largest absolute Gasteiger partial charge is 0.340 e. The van der Waals surface area contributed by atoms with Crippen molar-refractivity contribution in [2.75, 3.05) is 31.6 Å². The third-order valence-corrected chi connectivity index (χ3v) is 3.92. The normalized spacial score (nSPS) is 25.9. The van der Waals surface area contributed by atoms with E-state index in [0.717, 1.165) is 31.7 Å². The van der Waals surface area contributed by atoms with E-state index in [-0.39, 0.29) is 17.9 Å². The van der Waals surface area contributed by atoms with Gasteiger partial charge in [-0.1, -0.05) is 0 Å². The second-order valence-electron chi connectivity index (χ2n) is 4.31. The van der Waals surface area contributed by atoms with Crippen molar-refractivity contribution in [3.05, 3.63) is 0 Å². The van der Waals surface area contributed by atoms with Crippen molar-refractivity contribution in [1.29, 1.82) is 0 Å². The fourth-order valence-electron chi connectivity index (χ4n) is 2.44. The number of nitrogens with zero attached hydrogens (tertiary/aromatic N) is 2. The highest BCUT2D eigenvalue weighted by Crippen LogP contribution is 2.23. The van der Waals surface area contributed by atoms with E-state index in [1.165, 1.54) is 0 Å². The second kappa shape index (κ2) is 5.08. The highest BCUT2D eigenvalue weighted by atomic mass is 32.2. The molecule has 90 valence electrons. The summed E-state index contributed by atoms with van der Waals surface area (Å²) in [5, 5.41) is 0. The maximum atomic E-state index is 12.2. The van der Waals surface area contributed by atoms with E-state index in [2.05, 4.69) is 0 Å². The summed E-state index contributed by atoms with van der Waals surface area (Å²) in [6.45, 7) is 2.15. The number of rotatable bonds is 3. The lowest BCUT2D eigenvalue weighted by atomic mass is 10.2. The summed E-state index contributed by atoms with van der Waals surface area (Å²) in [5.74, 6) is 1.27. The van der Waals surface area contributed by atoms with Crippen LogP contribution in [0, 0.1) is 0 Å². The van der Waals surface area contributed by atoms with Gasteiger partial charge in [0.2, 0.25) is 11.8 Å². The van der Waals surface area contributed by atoms with Gasteiger partial charge in [0.1, 0.15) is 6.04 Å². The Morgan fingerprint density at radius 2 is 2.19 bits per heavy atom. The lowest BCUT2D eigenvalue weighted by Crippen LogP contribution is -2.44. The predicted molar refractivity (Wildman–Crippen MR) is 64.3 cm³/mol. The van der Waals surface area contributed by atoms with Gasteiger partial charge < -0.3 is 9.80 Å². The van der Waals surface area contributed by atoms with E-state index in [1.807, 2.05) is 11.2 Å². The third kappa shape index (κ3) is 2.19. The van der Waals surface area contributed by atoms with Gasteiger partial charge in [-0.25, -0.2) is 0 Å². The SMILES string of the molecule is CSCCN1CCC(=O)N2CCCC2C1=O. The molecule has 0 aromatic heterocycles. The van der Waals surface area contributed by atoms with Crippen LogP contribution in [0.3, 0.4) is 0 Å². The quantitative estimate of drug-likeness (QED) is 0.726. The maximum Gasteiger partial charge on any atom is 0.245 e. The van der Waals surface area contributed by atoms with Crippen LogP contribution in [0.1, 0.15) is 19.3 Å². The molecule has 0 spiro atoms. The smallest absolute Gasteiger partial charge is 0.245 e. The van der Waals surface area contributed by atoms with Crippen LogP contribution < -0.4 is 0 Å². The van der Waals surface area contributed by atoms with Crippen LogP contribution in [0.15, 0.2) is 0 Å². The molecule has 4 nitrogen and oxygen atoms in total. The molecule has 0 aliphatic carbocycles. The van der Waals surface area contributed by atoms with Crippen molar-refractivity contribution in [3.63, 3.8) is 0 Å². The highest BCUT2D eigenvalue weighted by Gasteiger charge is 2.38. The summed E-state index contributed by atoms with van der Waals surface area (Å²) in [6.07, 6.45) is 4.35. The van der Waals surface area contributed by atoms with Gasteiger partial charge in [0.25, 0.3) is 0 Å². The van der Waals surface area contributed by atoms with Gasteiger partial charge in [0, 0.05) is 31.8 Å². The summed E-state index contributed by atoms with van der Waals surface area (Å²) in [4.78, 5) is 27.6. The van der Waals surface area contributed by atoms with Crippen LogP contribution in [-0.4, -0.2) is 59.3 Å². The number of carbonyl (C=O) groups is 2. The molecular formula is C11H18N2O2S. The van der Waals surface area contributed by atoms with E-state index >= 15 is 0 Å². The number of hydrogen-bond donors (Lipinski definition) is 0. The Kier molecular flexibility index (Phi) is 3.74. The standard InChI is InChI=1S/C11H18N2O2S/c1-16-8-7-12-6-4-10(14)13-5-2-3-9(13)11(12)15/h9H,2-8H2,1H3. The van der Waals surface area contributed by atoms with E-state index < -0.39 is 0 Å². The Morgan fingerprint density at radius 1 is 1.38 bits per heavy atom. The van der Waals surface area contributed by atoms with Gasteiger partial charge in [0.05, 0.1) is 0 Å². The predicted octanol–water partition coefficient (Wildman–Crippen LogP) is 0.573. The fourth-order valence-corrected chi connectivity index (χ4v) is 2.84. The number of fused-ring (bicyclic) bond motifs is 1. The highest BCUT2D eigenvalue weighted by molar-refractivity contribution is 7.98.